The molecule has 4 nitrogen and oxygen atoms in total. The van der Waals surface area contributed by atoms with E-state index in [2.05, 4.69) is 5.32 Å². The summed E-state index contributed by atoms with van der Waals surface area (Å²) in [5.74, 6) is 0.285. The molecule has 4 heteroatoms. The number of amides is 1. The first kappa shape index (κ1) is 14.2. The van der Waals surface area contributed by atoms with E-state index in [-0.39, 0.29) is 11.7 Å². The zero-order valence-electron chi connectivity index (χ0n) is 11.0. The fourth-order valence-corrected chi connectivity index (χ4v) is 1.55. The van der Waals surface area contributed by atoms with Crippen molar-refractivity contribution in [3.8, 4) is 5.75 Å². The molecule has 0 aliphatic rings. The Morgan fingerprint density at radius 2 is 1.94 bits per heavy atom. The molecule has 1 atom stereocenters. The van der Waals surface area contributed by atoms with Gasteiger partial charge < -0.3 is 10.1 Å². The summed E-state index contributed by atoms with van der Waals surface area (Å²) in [5.41, 5.74) is 0.524. The number of ether oxygens (including phenoxy) is 1. The van der Waals surface area contributed by atoms with E-state index < -0.39 is 6.10 Å². The van der Waals surface area contributed by atoms with Gasteiger partial charge in [0.1, 0.15) is 5.75 Å². The van der Waals surface area contributed by atoms with Gasteiger partial charge in [0.25, 0.3) is 5.91 Å². The highest BCUT2D eigenvalue weighted by atomic mass is 16.5. The lowest BCUT2D eigenvalue weighted by molar-refractivity contribution is -0.127. The Kier molecular flexibility index (Phi) is 5.36. The topological polar surface area (TPSA) is 55.4 Å². The number of carbonyl (C=O) groups excluding carboxylic acids is 2. The maximum atomic E-state index is 11.7. The van der Waals surface area contributed by atoms with E-state index in [1.165, 1.54) is 0 Å². The van der Waals surface area contributed by atoms with E-state index in [4.69, 9.17) is 4.74 Å². The van der Waals surface area contributed by atoms with Crippen molar-refractivity contribution in [1.29, 1.82) is 0 Å². The second-order valence-corrected chi connectivity index (χ2v) is 3.93. The smallest absolute Gasteiger partial charge is 0.260 e. The van der Waals surface area contributed by atoms with Crippen LogP contribution in [-0.4, -0.2) is 24.3 Å². The maximum absolute atomic E-state index is 11.7. The summed E-state index contributed by atoms with van der Waals surface area (Å²) in [6, 6.07) is 6.99. The van der Waals surface area contributed by atoms with Crippen molar-refractivity contribution in [2.24, 2.45) is 0 Å². The molecular weight excluding hydrogens is 230 g/mol. The number of ketones is 1. The van der Waals surface area contributed by atoms with Crippen LogP contribution in [0.1, 0.15) is 37.6 Å². The van der Waals surface area contributed by atoms with Crippen LogP contribution in [0.15, 0.2) is 24.3 Å². The van der Waals surface area contributed by atoms with Crippen molar-refractivity contribution < 1.29 is 14.3 Å². The first-order valence-corrected chi connectivity index (χ1v) is 6.16. The quantitative estimate of drug-likeness (QED) is 0.786. The Labute approximate surface area is 107 Å². The highest BCUT2D eigenvalue weighted by molar-refractivity contribution is 5.98. The van der Waals surface area contributed by atoms with Crippen molar-refractivity contribution in [2.45, 2.75) is 33.3 Å². The molecule has 0 aliphatic heterocycles. The standard InChI is InChI=1S/C14H19NO3/c1-4-12(16)11-8-6-7-9-13(11)18-10(3)14(17)15-5-2/h6-10H,4-5H2,1-3H3,(H,15,17). The summed E-state index contributed by atoms with van der Waals surface area (Å²) in [5, 5.41) is 2.68. The molecule has 0 aliphatic carbocycles. The first-order valence-electron chi connectivity index (χ1n) is 6.16. The number of hydrogen-bond acceptors (Lipinski definition) is 3. The maximum Gasteiger partial charge on any atom is 0.260 e. The number of hydrogen-bond donors (Lipinski definition) is 1. The first-order chi connectivity index (χ1) is 8.60. The van der Waals surface area contributed by atoms with Gasteiger partial charge in [-0.15, -0.1) is 0 Å². The molecular formula is C14H19NO3. The fraction of sp³-hybridized carbons (Fsp3) is 0.429. The number of rotatable bonds is 6. The summed E-state index contributed by atoms with van der Waals surface area (Å²) in [4.78, 5) is 23.3. The third-order valence-electron chi connectivity index (χ3n) is 2.53. The van der Waals surface area contributed by atoms with E-state index in [1.807, 2.05) is 6.92 Å². The predicted molar refractivity (Wildman–Crippen MR) is 69.8 cm³/mol. The van der Waals surface area contributed by atoms with Crippen LogP contribution in [0.4, 0.5) is 0 Å². The molecule has 0 aromatic heterocycles. The van der Waals surface area contributed by atoms with Crippen molar-refractivity contribution >= 4 is 11.7 Å². The number of likely N-dealkylation sites (N-methyl/N-ethyl adjacent to an activating group) is 1. The van der Waals surface area contributed by atoms with E-state index >= 15 is 0 Å². The van der Waals surface area contributed by atoms with Gasteiger partial charge in [0.05, 0.1) is 5.56 Å². The molecule has 1 N–H and O–H groups in total. The van der Waals surface area contributed by atoms with E-state index in [0.717, 1.165) is 0 Å². The van der Waals surface area contributed by atoms with Crippen LogP contribution in [0.5, 0.6) is 5.75 Å². The minimum absolute atomic E-state index is 0.00806. The molecule has 1 unspecified atom stereocenters. The monoisotopic (exact) mass is 249 g/mol. The number of benzene rings is 1. The number of nitrogens with one attached hydrogen (secondary N) is 1. The highest BCUT2D eigenvalue weighted by Gasteiger charge is 2.17. The third-order valence-corrected chi connectivity index (χ3v) is 2.53. The Balaban J connectivity index is 2.84. The molecule has 0 radical (unpaired) electrons. The molecule has 18 heavy (non-hydrogen) atoms. The van der Waals surface area contributed by atoms with Gasteiger partial charge in [-0.25, -0.2) is 0 Å². The SMILES string of the molecule is CCNC(=O)C(C)Oc1ccccc1C(=O)CC. The summed E-state index contributed by atoms with van der Waals surface area (Å²) in [6.45, 7) is 5.87. The molecule has 1 amide bonds. The molecule has 0 saturated heterocycles. The van der Waals surface area contributed by atoms with Gasteiger partial charge in [-0.3, -0.25) is 9.59 Å². The molecule has 0 bridgehead atoms. The largest absolute Gasteiger partial charge is 0.480 e. The molecule has 0 saturated carbocycles. The Morgan fingerprint density at radius 3 is 2.56 bits per heavy atom. The minimum atomic E-state index is -0.615. The van der Waals surface area contributed by atoms with Crippen LogP contribution < -0.4 is 10.1 Å². The Bertz CT molecular complexity index is 429. The molecule has 0 fully saturated rings. The Hall–Kier alpha value is -1.84. The fourth-order valence-electron chi connectivity index (χ4n) is 1.55. The van der Waals surface area contributed by atoms with Gasteiger partial charge in [-0.05, 0) is 26.0 Å². The van der Waals surface area contributed by atoms with Crippen molar-refractivity contribution in [1.82, 2.24) is 5.32 Å². The average molecular weight is 249 g/mol. The lowest BCUT2D eigenvalue weighted by atomic mass is 10.1. The second-order valence-electron chi connectivity index (χ2n) is 3.93. The minimum Gasteiger partial charge on any atom is -0.480 e. The van der Waals surface area contributed by atoms with Crippen LogP contribution in [0.2, 0.25) is 0 Å². The molecule has 1 aromatic carbocycles. The van der Waals surface area contributed by atoms with Crippen LogP contribution in [0.3, 0.4) is 0 Å². The summed E-state index contributed by atoms with van der Waals surface area (Å²) >= 11 is 0. The van der Waals surface area contributed by atoms with Crippen LogP contribution in [0, 0.1) is 0 Å². The van der Waals surface area contributed by atoms with Crippen LogP contribution in [-0.2, 0) is 4.79 Å². The molecule has 0 spiro atoms. The van der Waals surface area contributed by atoms with Crippen LogP contribution in [0.25, 0.3) is 0 Å². The normalized spacial score (nSPS) is 11.7. The molecule has 1 aromatic rings. The zero-order valence-corrected chi connectivity index (χ0v) is 11.0. The van der Waals surface area contributed by atoms with Gasteiger partial charge in [-0.1, -0.05) is 19.1 Å². The van der Waals surface area contributed by atoms with Gasteiger partial charge in [0, 0.05) is 13.0 Å². The third kappa shape index (κ3) is 3.58. The molecule has 1 rings (SSSR count). The highest BCUT2D eigenvalue weighted by Crippen LogP contribution is 2.20. The van der Waals surface area contributed by atoms with Gasteiger partial charge in [0.15, 0.2) is 11.9 Å². The lowest BCUT2D eigenvalue weighted by Gasteiger charge is -2.16. The summed E-state index contributed by atoms with van der Waals surface area (Å²) < 4.78 is 5.55. The number of Topliss-reactive ketones (excluding diaryl/α,β-unsaturated/α-hetero) is 1. The molecule has 98 valence electrons. The Morgan fingerprint density at radius 1 is 1.28 bits per heavy atom. The second kappa shape index (κ2) is 6.79. The van der Waals surface area contributed by atoms with E-state index in [1.54, 1.807) is 38.1 Å². The molecule has 0 heterocycles. The van der Waals surface area contributed by atoms with Crippen molar-refractivity contribution in [2.75, 3.05) is 6.54 Å². The number of para-hydroxylation sites is 1. The van der Waals surface area contributed by atoms with Crippen molar-refractivity contribution in [3.05, 3.63) is 29.8 Å². The van der Waals surface area contributed by atoms with Crippen LogP contribution >= 0.6 is 0 Å². The number of carbonyl (C=O) groups is 2. The predicted octanol–water partition coefficient (Wildman–Crippen LogP) is 2.18. The summed E-state index contributed by atoms with van der Waals surface area (Å²) in [7, 11) is 0. The van der Waals surface area contributed by atoms with Gasteiger partial charge >= 0.3 is 0 Å². The van der Waals surface area contributed by atoms with Gasteiger partial charge in [-0.2, -0.15) is 0 Å². The lowest BCUT2D eigenvalue weighted by Crippen LogP contribution is -2.36. The zero-order chi connectivity index (χ0) is 13.5. The van der Waals surface area contributed by atoms with E-state index in [0.29, 0.717) is 24.3 Å². The average Bonchev–Trinajstić information content (AvgIpc) is 2.38. The van der Waals surface area contributed by atoms with E-state index in [9.17, 15) is 9.59 Å². The van der Waals surface area contributed by atoms with Crippen molar-refractivity contribution in [3.63, 3.8) is 0 Å². The van der Waals surface area contributed by atoms with Gasteiger partial charge in [0.2, 0.25) is 0 Å². The summed E-state index contributed by atoms with van der Waals surface area (Å²) in [6.07, 6.45) is -0.202.